The third-order valence-corrected chi connectivity index (χ3v) is 4.05. The molecule has 0 saturated heterocycles. The van der Waals surface area contributed by atoms with Crippen molar-refractivity contribution in [1.29, 1.82) is 0 Å². The third kappa shape index (κ3) is 4.98. The molecular formula is C19H21F3N2O2. The average Bonchev–Trinajstić information content (AvgIpc) is 2.61. The summed E-state index contributed by atoms with van der Waals surface area (Å²) in [6.45, 7) is 0.319. The molecule has 0 fully saturated rings. The number of ether oxygens (including phenoxy) is 1. The van der Waals surface area contributed by atoms with E-state index in [0.29, 0.717) is 6.54 Å². The Balaban J connectivity index is 2.05. The second kappa shape index (κ2) is 8.23. The maximum Gasteiger partial charge on any atom is 0.416 e. The standard InChI is InChI=1S/C19H21F3N2O2/c1-24(2)17(13-6-10-16(26-3)11-7-13)12-23-18(25)14-4-8-15(9-5-14)19(20,21)22/h4-11,17H,12H2,1-3H3,(H,23,25). The van der Waals surface area contributed by atoms with Gasteiger partial charge in [0.15, 0.2) is 0 Å². The van der Waals surface area contributed by atoms with Crippen LogP contribution >= 0.6 is 0 Å². The van der Waals surface area contributed by atoms with Crippen LogP contribution in [-0.4, -0.2) is 38.6 Å². The van der Waals surface area contributed by atoms with Gasteiger partial charge in [-0.05, 0) is 56.1 Å². The van der Waals surface area contributed by atoms with Crippen LogP contribution in [0.1, 0.15) is 27.5 Å². The maximum atomic E-state index is 12.6. The van der Waals surface area contributed by atoms with Crippen molar-refractivity contribution in [1.82, 2.24) is 10.2 Å². The largest absolute Gasteiger partial charge is 0.497 e. The number of nitrogens with zero attached hydrogens (tertiary/aromatic N) is 1. The highest BCUT2D eigenvalue weighted by atomic mass is 19.4. The molecule has 140 valence electrons. The number of alkyl halides is 3. The van der Waals surface area contributed by atoms with Gasteiger partial charge in [-0.15, -0.1) is 0 Å². The molecule has 0 aliphatic rings. The Morgan fingerprint density at radius 1 is 1.08 bits per heavy atom. The summed E-state index contributed by atoms with van der Waals surface area (Å²) in [7, 11) is 5.36. The topological polar surface area (TPSA) is 41.6 Å². The number of carbonyl (C=O) groups is 1. The molecule has 1 N–H and O–H groups in total. The van der Waals surface area contributed by atoms with Crippen molar-refractivity contribution in [3.8, 4) is 5.75 Å². The first-order valence-corrected chi connectivity index (χ1v) is 7.98. The Kier molecular flexibility index (Phi) is 6.26. The van der Waals surface area contributed by atoms with Gasteiger partial charge in [-0.2, -0.15) is 13.2 Å². The Labute approximate surface area is 150 Å². The molecule has 0 saturated carbocycles. The fraction of sp³-hybridized carbons (Fsp3) is 0.316. The molecular weight excluding hydrogens is 345 g/mol. The van der Waals surface area contributed by atoms with Crippen molar-refractivity contribution in [2.24, 2.45) is 0 Å². The molecule has 0 spiro atoms. The Morgan fingerprint density at radius 2 is 1.65 bits per heavy atom. The summed E-state index contributed by atoms with van der Waals surface area (Å²) in [5.41, 5.74) is 0.396. The van der Waals surface area contributed by atoms with Crippen LogP contribution in [0.4, 0.5) is 13.2 Å². The first-order valence-electron chi connectivity index (χ1n) is 7.98. The lowest BCUT2D eigenvalue weighted by Gasteiger charge is -2.25. The fourth-order valence-electron chi connectivity index (χ4n) is 2.53. The molecule has 2 aromatic rings. The van der Waals surface area contributed by atoms with Gasteiger partial charge in [0, 0.05) is 12.1 Å². The smallest absolute Gasteiger partial charge is 0.416 e. The van der Waals surface area contributed by atoms with E-state index in [1.807, 2.05) is 43.3 Å². The van der Waals surface area contributed by atoms with E-state index in [0.717, 1.165) is 23.4 Å². The molecule has 0 aromatic heterocycles. The summed E-state index contributed by atoms with van der Waals surface area (Å²) in [5, 5.41) is 2.77. The summed E-state index contributed by atoms with van der Waals surface area (Å²) in [6, 6.07) is 11.6. The summed E-state index contributed by atoms with van der Waals surface area (Å²) in [6.07, 6.45) is -4.42. The quantitative estimate of drug-likeness (QED) is 0.847. The number of benzene rings is 2. The predicted octanol–water partition coefficient (Wildman–Crippen LogP) is 3.75. The molecule has 7 heteroatoms. The maximum absolute atomic E-state index is 12.6. The zero-order valence-electron chi connectivity index (χ0n) is 14.8. The van der Waals surface area contributed by atoms with E-state index in [2.05, 4.69) is 5.32 Å². The van der Waals surface area contributed by atoms with E-state index in [1.54, 1.807) is 7.11 Å². The van der Waals surface area contributed by atoms with Crippen LogP contribution < -0.4 is 10.1 Å². The van der Waals surface area contributed by atoms with Gasteiger partial charge in [0.05, 0.1) is 18.7 Å². The zero-order chi connectivity index (χ0) is 19.3. The third-order valence-electron chi connectivity index (χ3n) is 4.05. The summed E-state index contributed by atoms with van der Waals surface area (Å²) in [4.78, 5) is 14.2. The van der Waals surface area contributed by atoms with Crippen LogP contribution in [0.25, 0.3) is 0 Å². The van der Waals surface area contributed by atoms with Crippen molar-refractivity contribution < 1.29 is 22.7 Å². The minimum atomic E-state index is -4.42. The van der Waals surface area contributed by atoms with Crippen LogP contribution in [-0.2, 0) is 6.18 Å². The van der Waals surface area contributed by atoms with Gasteiger partial charge >= 0.3 is 6.18 Å². The molecule has 1 atom stereocenters. The monoisotopic (exact) mass is 366 g/mol. The van der Waals surface area contributed by atoms with Gasteiger partial charge < -0.3 is 15.0 Å². The number of hydrogen-bond acceptors (Lipinski definition) is 3. The van der Waals surface area contributed by atoms with Crippen LogP contribution in [0.3, 0.4) is 0 Å². The first kappa shape index (κ1) is 19.8. The molecule has 1 amide bonds. The minimum Gasteiger partial charge on any atom is -0.497 e. The highest BCUT2D eigenvalue weighted by molar-refractivity contribution is 5.94. The predicted molar refractivity (Wildman–Crippen MR) is 93.2 cm³/mol. The number of hydrogen-bond donors (Lipinski definition) is 1. The second-order valence-electron chi connectivity index (χ2n) is 6.04. The van der Waals surface area contributed by atoms with Gasteiger partial charge in [0.2, 0.25) is 0 Å². The van der Waals surface area contributed by atoms with Gasteiger partial charge in [0.25, 0.3) is 5.91 Å². The van der Waals surface area contributed by atoms with Gasteiger partial charge in [-0.25, -0.2) is 0 Å². The number of carbonyl (C=O) groups excluding carboxylic acids is 1. The normalized spacial score (nSPS) is 12.7. The van der Waals surface area contributed by atoms with Gasteiger partial charge in [0.1, 0.15) is 5.75 Å². The average molecular weight is 366 g/mol. The van der Waals surface area contributed by atoms with E-state index in [-0.39, 0.29) is 11.6 Å². The van der Waals surface area contributed by atoms with Crippen LogP contribution in [0, 0.1) is 0 Å². The van der Waals surface area contributed by atoms with Gasteiger partial charge in [-0.3, -0.25) is 4.79 Å². The second-order valence-corrected chi connectivity index (χ2v) is 6.04. The highest BCUT2D eigenvalue weighted by Crippen LogP contribution is 2.29. The number of halogens is 3. The summed E-state index contributed by atoms with van der Waals surface area (Å²) in [5.74, 6) is 0.319. The van der Waals surface area contributed by atoms with E-state index in [9.17, 15) is 18.0 Å². The summed E-state index contributed by atoms with van der Waals surface area (Å²) < 4.78 is 42.9. The Hall–Kier alpha value is -2.54. The van der Waals surface area contributed by atoms with Crippen molar-refractivity contribution in [2.45, 2.75) is 12.2 Å². The SMILES string of the molecule is COc1ccc(C(CNC(=O)c2ccc(C(F)(F)F)cc2)N(C)C)cc1. The van der Waals surface area contributed by atoms with E-state index in [4.69, 9.17) is 4.74 Å². The lowest BCUT2D eigenvalue weighted by atomic mass is 10.1. The Morgan fingerprint density at radius 3 is 2.12 bits per heavy atom. The lowest BCUT2D eigenvalue weighted by Crippen LogP contribution is -2.34. The molecule has 0 aliphatic heterocycles. The molecule has 2 aromatic carbocycles. The fourth-order valence-corrected chi connectivity index (χ4v) is 2.53. The zero-order valence-corrected chi connectivity index (χ0v) is 14.8. The number of methoxy groups -OCH3 is 1. The lowest BCUT2D eigenvalue weighted by molar-refractivity contribution is -0.137. The van der Waals surface area contributed by atoms with E-state index in [1.165, 1.54) is 12.1 Å². The molecule has 2 rings (SSSR count). The summed E-state index contributed by atoms with van der Waals surface area (Å²) >= 11 is 0. The first-order chi connectivity index (χ1) is 12.2. The van der Waals surface area contributed by atoms with Gasteiger partial charge in [-0.1, -0.05) is 12.1 Å². The Bertz CT molecular complexity index is 726. The molecule has 26 heavy (non-hydrogen) atoms. The molecule has 0 bridgehead atoms. The number of rotatable bonds is 6. The van der Waals surface area contributed by atoms with E-state index < -0.39 is 17.6 Å². The van der Waals surface area contributed by atoms with Crippen molar-refractivity contribution in [3.05, 3.63) is 65.2 Å². The number of likely N-dealkylation sites (N-methyl/N-ethyl adjacent to an activating group) is 1. The number of amides is 1. The molecule has 1 unspecified atom stereocenters. The van der Waals surface area contributed by atoms with Crippen molar-refractivity contribution >= 4 is 5.91 Å². The van der Waals surface area contributed by atoms with Crippen LogP contribution in [0.15, 0.2) is 48.5 Å². The molecule has 0 heterocycles. The minimum absolute atomic E-state index is 0.0840. The molecule has 0 radical (unpaired) electrons. The van der Waals surface area contributed by atoms with Crippen molar-refractivity contribution in [2.75, 3.05) is 27.7 Å². The van der Waals surface area contributed by atoms with Crippen molar-refractivity contribution in [3.63, 3.8) is 0 Å². The number of nitrogens with one attached hydrogen (secondary N) is 1. The highest BCUT2D eigenvalue weighted by Gasteiger charge is 2.30. The van der Waals surface area contributed by atoms with E-state index >= 15 is 0 Å². The van der Waals surface area contributed by atoms with Crippen LogP contribution in [0.2, 0.25) is 0 Å². The molecule has 4 nitrogen and oxygen atoms in total. The van der Waals surface area contributed by atoms with Crippen LogP contribution in [0.5, 0.6) is 5.75 Å². The molecule has 0 aliphatic carbocycles.